The Kier molecular flexibility index (Phi) is 36.4. The maximum absolute atomic E-state index is 12.5. The molecule has 12 atom stereocenters. The van der Waals surface area contributed by atoms with Gasteiger partial charge < -0.3 is 62.2 Å². The molecule has 0 amide bonds. The molecule has 0 spiro atoms. The van der Waals surface area contributed by atoms with Crippen molar-refractivity contribution in [3.63, 3.8) is 0 Å². The van der Waals surface area contributed by atoms with Crippen LogP contribution in [0.4, 0.5) is 0 Å². The molecule has 0 aromatic heterocycles. The van der Waals surface area contributed by atoms with Gasteiger partial charge in [0.25, 0.3) is 0 Å². The predicted octanol–water partition coefficient (Wildman–Crippen LogP) is 13.2. The number of hydrogen-bond donors (Lipinski definition) is 5. The van der Waals surface area contributed by atoms with E-state index in [4.69, 9.17) is 62.3 Å². The lowest BCUT2D eigenvalue weighted by Gasteiger charge is -2.43. The summed E-state index contributed by atoms with van der Waals surface area (Å²) in [5.41, 5.74) is 6.35. The van der Waals surface area contributed by atoms with E-state index in [2.05, 4.69) is 190 Å². The molecule has 1 aromatic carbocycles. The minimum absolute atomic E-state index is 0. The van der Waals surface area contributed by atoms with Crippen molar-refractivity contribution >= 4 is 39.2 Å². The Hall–Kier alpha value is -2.68. The van der Waals surface area contributed by atoms with Crippen LogP contribution in [-0.4, -0.2) is 164 Å². The van der Waals surface area contributed by atoms with Gasteiger partial charge in [0, 0.05) is 0 Å². The monoisotopic (exact) mass is 1270 g/mol. The Balaban J connectivity index is 0.00000113. The van der Waals surface area contributed by atoms with Crippen LogP contribution in [0.5, 0.6) is 0 Å². The summed E-state index contributed by atoms with van der Waals surface area (Å²) in [6, 6.07) is 8.49. The maximum atomic E-state index is 12.5. The van der Waals surface area contributed by atoms with Crippen molar-refractivity contribution in [3.05, 3.63) is 35.9 Å². The normalized spacial score (nSPS) is 21.5. The zero-order chi connectivity index (χ0) is 65.9. The van der Waals surface area contributed by atoms with Gasteiger partial charge >= 0.3 is 5.97 Å². The highest BCUT2D eigenvalue weighted by molar-refractivity contribution is 6.79. The van der Waals surface area contributed by atoms with Crippen molar-refractivity contribution in [1.29, 1.82) is 0 Å². The van der Waals surface area contributed by atoms with Gasteiger partial charge in [0.05, 0.1) is 32.0 Å². The molecule has 18 heteroatoms. The molecule has 14 nitrogen and oxygen atoms in total. The molecule has 0 saturated carbocycles. The number of terminal acetylenes is 4. The van der Waals surface area contributed by atoms with Crippen LogP contribution in [0.1, 0.15) is 184 Å². The van der Waals surface area contributed by atoms with Crippen LogP contribution in [0.3, 0.4) is 0 Å². The highest BCUT2D eigenvalue weighted by Gasteiger charge is 2.53. The molecule has 5 N–H and O–H groups in total. The van der Waals surface area contributed by atoms with Crippen LogP contribution in [0.15, 0.2) is 30.3 Å². The first-order valence-electron chi connectivity index (χ1n) is 31.4. The average Bonchev–Trinajstić information content (AvgIpc) is 4.55. The van der Waals surface area contributed by atoms with E-state index in [1.807, 2.05) is 0 Å². The lowest BCUT2D eigenvalue weighted by atomic mass is 10.1. The molecule has 4 rings (SSSR count). The van der Waals surface area contributed by atoms with Gasteiger partial charge in [-0.1, -0.05) is 215 Å². The predicted molar refractivity (Wildman–Crippen MR) is 362 cm³/mol. The van der Waals surface area contributed by atoms with Crippen LogP contribution < -0.4 is 0 Å². The molecule has 0 aliphatic carbocycles. The fourth-order valence-corrected chi connectivity index (χ4v) is 36.0. The van der Waals surface area contributed by atoms with Gasteiger partial charge in [-0.2, -0.15) is 0 Å². The van der Waals surface area contributed by atoms with Gasteiger partial charge in [0.1, 0.15) is 67.1 Å². The number of benzene rings is 1. The number of carbonyl (C=O) groups excluding carboxylic acids is 1. The molecule has 86 heavy (non-hydrogen) atoms. The summed E-state index contributed by atoms with van der Waals surface area (Å²) in [5, 5.41) is 48.9. The maximum Gasteiger partial charge on any atom is 0.338 e. The zero-order valence-corrected chi connectivity index (χ0v) is 60.8. The number of hydrogen-bond acceptors (Lipinski definition) is 14. The van der Waals surface area contributed by atoms with Gasteiger partial charge in [-0.15, -0.1) is 25.7 Å². The van der Waals surface area contributed by atoms with E-state index in [0.29, 0.717) is 91.9 Å². The largest absolute Gasteiger partial charge is 0.453 e. The second kappa shape index (κ2) is 37.6. The summed E-state index contributed by atoms with van der Waals surface area (Å²) >= 11 is 0. The summed E-state index contributed by atoms with van der Waals surface area (Å²) < 4.78 is 47.4. The number of carbonyl (C=O) groups is 1. The highest BCUT2D eigenvalue weighted by Crippen LogP contribution is 2.47. The first-order valence-corrected chi connectivity index (χ1v) is 40.0. The Morgan fingerprint density at radius 1 is 0.430 bits per heavy atom. The Bertz CT molecular complexity index is 2020. The van der Waals surface area contributed by atoms with E-state index in [-0.39, 0.29) is 50.7 Å². The summed E-state index contributed by atoms with van der Waals surface area (Å²) in [4.78, 5) is 12.5. The standard InChI is InChI=1S/C22H34O5Si.3C15H28O3Si.CH4/c1-8-19(23)21(24)20(27-22(25)18-12-10-9-11-13-18)14-26-28(15(2)3,16(4)5)17(6)7;3*1-8-13(16)15-14(18-15)9-17-19(10(2)3,11(4)5)12(6)7;/h1,9-13,15-17,19-21,23-24H,14H2,2-7H3;3*1,10-16H,9H2,2-7H3;1H4/t19-,20-,21?;2*13-,14+,15?;13-,14-,15?;/m1110./s1. The van der Waals surface area contributed by atoms with E-state index < -0.39 is 75.9 Å². The number of esters is 1. The summed E-state index contributed by atoms with van der Waals surface area (Å²) in [7, 11) is -7.76. The van der Waals surface area contributed by atoms with Crippen LogP contribution >= 0.6 is 0 Å². The molecule has 3 saturated heterocycles. The molecular formula is C68H122O14Si4. The van der Waals surface area contributed by atoms with E-state index in [9.17, 15) is 30.3 Å². The number of aliphatic hydroxyl groups is 5. The van der Waals surface area contributed by atoms with Crippen LogP contribution in [0, 0.1) is 49.4 Å². The quantitative estimate of drug-likeness (QED) is 0.0203. The lowest BCUT2D eigenvalue weighted by Crippen LogP contribution is -2.51. The molecule has 3 aliphatic rings. The lowest BCUT2D eigenvalue weighted by molar-refractivity contribution is -0.0696. The second-order valence-corrected chi connectivity index (χ2v) is 49.0. The number of ether oxygens (including phenoxy) is 4. The fourth-order valence-electron chi connectivity index (χ4n) is 14.2. The SMILES string of the molecule is C.C#C[C@@H](O)C(O)[C@@H](CO[Si](C(C)C)(C(C)C)C(C)C)OC(=O)c1ccccc1.C#C[C@@H](O)C1O[C@H]1CO[Si](C(C)C)(C(C)C)C(C)C.C#C[C@@H](O)C1O[C@H]1CO[Si](C(C)C)(C(C)C)C(C)C.C#C[C@H](O)C1O[C@H]1CO[Si](C(C)C)(C(C)C)C(C)C. The third-order valence-electron chi connectivity index (χ3n) is 18.3. The van der Waals surface area contributed by atoms with Gasteiger partial charge in [-0.05, 0) is 78.6 Å². The Morgan fingerprint density at radius 3 is 0.895 bits per heavy atom. The molecule has 0 bridgehead atoms. The van der Waals surface area contributed by atoms with Crippen molar-refractivity contribution in [2.24, 2.45) is 0 Å². The molecule has 3 fully saturated rings. The highest BCUT2D eigenvalue weighted by atomic mass is 28.4. The second-order valence-electron chi connectivity index (χ2n) is 27.2. The molecule has 4 unspecified atom stereocenters. The Morgan fingerprint density at radius 2 is 0.674 bits per heavy atom. The summed E-state index contributed by atoms with van der Waals surface area (Å²) in [6.07, 6.45) is 13.6. The van der Waals surface area contributed by atoms with Gasteiger partial charge in [0.15, 0.2) is 31.1 Å². The number of rotatable bonds is 31. The van der Waals surface area contributed by atoms with Crippen LogP contribution in [0.2, 0.25) is 66.5 Å². The molecule has 1 aromatic rings. The summed E-state index contributed by atoms with van der Waals surface area (Å²) in [6.45, 7) is 55.2. The topological polar surface area (TPSA) is 202 Å². The molecule has 3 aliphatic heterocycles. The van der Waals surface area contributed by atoms with Crippen molar-refractivity contribution < 1.29 is 67.0 Å². The minimum Gasteiger partial charge on any atom is -0.453 e. The molecular weight excluding hydrogens is 1150 g/mol. The van der Waals surface area contributed by atoms with E-state index >= 15 is 0 Å². The smallest absolute Gasteiger partial charge is 0.338 e. The molecule has 0 radical (unpaired) electrons. The number of aliphatic hydroxyl groups excluding tert-OH is 5. The minimum atomic E-state index is -2.25. The molecule has 494 valence electrons. The van der Waals surface area contributed by atoms with Gasteiger partial charge in [-0.3, -0.25) is 0 Å². The fraction of sp³-hybridized carbons (Fsp3) is 0.779. The van der Waals surface area contributed by atoms with Crippen molar-refractivity contribution in [3.8, 4) is 49.4 Å². The van der Waals surface area contributed by atoms with E-state index in [0.717, 1.165) is 0 Å². The van der Waals surface area contributed by atoms with Crippen molar-refractivity contribution in [1.82, 2.24) is 0 Å². The van der Waals surface area contributed by atoms with Gasteiger partial charge in [-0.25, -0.2) is 4.79 Å². The summed E-state index contributed by atoms with van der Waals surface area (Å²) in [5.74, 6) is 8.43. The van der Waals surface area contributed by atoms with Crippen LogP contribution in [-0.2, 0) is 36.7 Å². The van der Waals surface area contributed by atoms with E-state index in [1.54, 1.807) is 30.3 Å². The van der Waals surface area contributed by atoms with Gasteiger partial charge in [0.2, 0.25) is 8.32 Å². The Labute approximate surface area is 528 Å². The van der Waals surface area contributed by atoms with Crippen molar-refractivity contribution in [2.75, 3.05) is 26.4 Å². The van der Waals surface area contributed by atoms with Crippen molar-refractivity contribution in [2.45, 2.75) is 313 Å². The first kappa shape index (κ1) is 83.3. The third-order valence-corrected chi connectivity index (χ3v) is 42.6. The number of epoxide rings is 3. The molecule has 3 heterocycles. The van der Waals surface area contributed by atoms with E-state index in [1.165, 1.54) is 0 Å². The third kappa shape index (κ3) is 21.7. The van der Waals surface area contributed by atoms with Crippen LogP contribution in [0.25, 0.3) is 0 Å². The average molecular weight is 1280 g/mol. The zero-order valence-electron chi connectivity index (χ0n) is 56.8. The first-order chi connectivity index (χ1) is 39.4.